The van der Waals surface area contributed by atoms with Gasteiger partial charge in [0.25, 0.3) is 5.91 Å². The summed E-state index contributed by atoms with van der Waals surface area (Å²) in [5.74, 6) is 0.921. The molecule has 1 aliphatic carbocycles. The number of nitrogens with zero attached hydrogens (tertiary/aromatic N) is 3. The Hall–Kier alpha value is -2.76. The highest BCUT2D eigenvalue weighted by molar-refractivity contribution is 5.94. The number of likely N-dealkylation sites (tertiary alicyclic amines) is 1. The topological polar surface area (TPSA) is 75.2 Å². The maximum Gasteiger partial charge on any atom is 0.254 e. The van der Waals surface area contributed by atoms with Crippen molar-refractivity contribution in [2.24, 2.45) is 5.92 Å². The lowest BCUT2D eigenvalue weighted by Crippen LogP contribution is -2.44. The van der Waals surface area contributed by atoms with Crippen molar-refractivity contribution < 1.29 is 9.59 Å². The summed E-state index contributed by atoms with van der Waals surface area (Å²) >= 11 is 0. The fourth-order valence-corrected chi connectivity index (χ4v) is 4.10. The van der Waals surface area contributed by atoms with E-state index >= 15 is 0 Å². The van der Waals surface area contributed by atoms with Crippen molar-refractivity contribution in [3.05, 3.63) is 59.2 Å². The SMILES string of the molecule is Cc1nc([C@H]2CCCCN2C(=O)C2CCC2)ncc1C(=O)NCc1ccccc1. The van der Waals surface area contributed by atoms with Gasteiger partial charge in [0.2, 0.25) is 5.91 Å². The van der Waals surface area contributed by atoms with Crippen molar-refractivity contribution in [2.45, 2.75) is 58.0 Å². The first-order valence-corrected chi connectivity index (χ1v) is 10.6. The molecule has 0 spiro atoms. The van der Waals surface area contributed by atoms with Gasteiger partial charge in [0.15, 0.2) is 5.82 Å². The number of hydrogen-bond acceptors (Lipinski definition) is 4. The van der Waals surface area contributed by atoms with Crippen molar-refractivity contribution in [1.82, 2.24) is 20.2 Å². The van der Waals surface area contributed by atoms with E-state index in [-0.39, 0.29) is 23.8 Å². The summed E-state index contributed by atoms with van der Waals surface area (Å²) in [5, 5.41) is 2.93. The highest BCUT2D eigenvalue weighted by Crippen LogP contribution is 2.35. The first-order chi connectivity index (χ1) is 14.1. The van der Waals surface area contributed by atoms with Crippen LogP contribution in [0.5, 0.6) is 0 Å². The molecule has 0 bridgehead atoms. The standard InChI is InChI=1S/C23H28N4O2/c1-16-19(22(28)25-14-17-8-3-2-4-9-17)15-24-21(26-16)20-12-5-6-13-27(20)23(29)18-10-7-11-18/h2-4,8-9,15,18,20H,5-7,10-14H2,1H3,(H,25,28)/t20-/m1/s1. The van der Waals surface area contributed by atoms with Gasteiger partial charge in [-0.3, -0.25) is 9.59 Å². The third-order valence-corrected chi connectivity index (χ3v) is 6.08. The van der Waals surface area contributed by atoms with Crippen LogP contribution < -0.4 is 5.32 Å². The van der Waals surface area contributed by atoms with Gasteiger partial charge >= 0.3 is 0 Å². The number of carbonyl (C=O) groups is 2. The minimum Gasteiger partial charge on any atom is -0.348 e. The molecule has 4 rings (SSSR count). The van der Waals surface area contributed by atoms with Crippen LogP contribution in [0.15, 0.2) is 36.5 Å². The fraction of sp³-hybridized carbons (Fsp3) is 0.478. The second-order valence-electron chi connectivity index (χ2n) is 8.07. The van der Waals surface area contributed by atoms with E-state index in [2.05, 4.69) is 15.3 Å². The van der Waals surface area contributed by atoms with Gasteiger partial charge in [0.05, 0.1) is 17.3 Å². The predicted molar refractivity (Wildman–Crippen MR) is 110 cm³/mol. The van der Waals surface area contributed by atoms with E-state index in [9.17, 15) is 9.59 Å². The Balaban J connectivity index is 1.46. The first-order valence-electron chi connectivity index (χ1n) is 10.6. The molecule has 2 aromatic rings. The van der Waals surface area contributed by atoms with Gasteiger partial charge in [-0.15, -0.1) is 0 Å². The van der Waals surface area contributed by atoms with Crippen LogP contribution in [0.1, 0.15) is 72.0 Å². The van der Waals surface area contributed by atoms with Crippen molar-refractivity contribution in [3.8, 4) is 0 Å². The van der Waals surface area contributed by atoms with Gasteiger partial charge in [-0.1, -0.05) is 36.8 Å². The zero-order valence-corrected chi connectivity index (χ0v) is 16.9. The van der Waals surface area contributed by atoms with Crippen LogP contribution in [0.4, 0.5) is 0 Å². The molecule has 2 heterocycles. The van der Waals surface area contributed by atoms with Crippen molar-refractivity contribution in [3.63, 3.8) is 0 Å². The second kappa shape index (κ2) is 8.72. The molecule has 1 aromatic carbocycles. The molecule has 6 nitrogen and oxygen atoms in total. The maximum absolute atomic E-state index is 12.9. The lowest BCUT2D eigenvalue weighted by molar-refractivity contribution is -0.142. The maximum atomic E-state index is 12.9. The minimum atomic E-state index is -0.177. The Labute approximate surface area is 171 Å². The Bertz CT molecular complexity index is 880. The lowest BCUT2D eigenvalue weighted by atomic mass is 9.83. The van der Waals surface area contributed by atoms with Gasteiger partial charge in [-0.2, -0.15) is 0 Å². The number of hydrogen-bond donors (Lipinski definition) is 1. The number of rotatable bonds is 5. The summed E-state index contributed by atoms with van der Waals surface area (Å²) in [6.07, 6.45) is 7.76. The van der Waals surface area contributed by atoms with Gasteiger partial charge in [-0.25, -0.2) is 9.97 Å². The van der Waals surface area contributed by atoms with Gasteiger partial charge in [-0.05, 0) is 44.6 Å². The third kappa shape index (κ3) is 4.31. The molecule has 1 N–H and O–H groups in total. The monoisotopic (exact) mass is 392 g/mol. The number of carbonyl (C=O) groups excluding carboxylic acids is 2. The predicted octanol–water partition coefficient (Wildman–Crippen LogP) is 3.57. The molecule has 1 saturated heterocycles. The molecule has 2 fully saturated rings. The van der Waals surface area contributed by atoms with E-state index in [1.54, 1.807) is 6.20 Å². The van der Waals surface area contributed by atoms with Crippen LogP contribution in [0.2, 0.25) is 0 Å². The van der Waals surface area contributed by atoms with E-state index in [1.165, 1.54) is 0 Å². The normalized spacial score (nSPS) is 19.5. The molecule has 2 amide bonds. The minimum absolute atomic E-state index is 0.0722. The number of piperidine rings is 1. The quantitative estimate of drug-likeness (QED) is 0.844. The lowest BCUT2D eigenvalue weighted by Gasteiger charge is -2.39. The third-order valence-electron chi connectivity index (χ3n) is 6.08. The van der Waals surface area contributed by atoms with Crippen LogP contribution >= 0.6 is 0 Å². The Morgan fingerprint density at radius 1 is 1.10 bits per heavy atom. The van der Waals surface area contributed by atoms with E-state index in [1.807, 2.05) is 42.2 Å². The molecule has 1 atom stereocenters. The average molecular weight is 393 g/mol. The van der Waals surface area contributed by atoms with Crippen molar-refractivity contribution in [1.29, 1.82) is 0 Å². The van der Waals surface area contributed by atoms with E-state index < -0.39 is 0 Å². The Kier molecular flexibility index (Phi) is 5.88. The smallest absolute Gasteiger partial charge is 0.254 e. The summed E-state index contributed by atoms with van der Waals surface area (Å²) in [4.78, 5) is 36.6. The molecular weight excluding hydrogens is 364 g/mol. The average Bonchev–Trinajstić information content (AvgIpc) is 2.71. The van der Waals surface area contributed by atoms with Gasteiger partial charge in [0, 0.05) is 25.2 Å². The molecule has 1 aromatic heterocycles. The highest BCUT2D eigenvalue weighted by atomic mass is 16.2. The van der Waals surface area contributed by atoms with E-state index in [4.69, 9.17) is 0 Å². The summed E-state index contributed by atoms with van der Waals surface area (Å²) in [6.45, 7) is 3.08. The van der Waals surface area contributed by atoms with Crippen LogP contribution in [-0.2, 0) is 11.3 Å². The zero-order valence-electron chi connectivity index (χ0n) is 16.9. The summed E-state index contributed by atoms with van der Waals surface area (Å²) in [7, 11) is 0. The van der Waals surface area contributed by atoms with Crippen LogP contribution in [0.25, 0.3) is 0 Å². The molecule has 2 aliphatic rings. The highest BCUT2D eigenvalue weighted by Gasteiger charge is 2.36. The number of amides is 2. The fourth-order valence-electron chi connectivity index (χ4n) is 4.10. The summed E-state index contributed by atoms with van der Waals surface area (Å²) < 4.78 is 0. The number of aromatic nitrogens is 2. The van der Waals surface area contributed by atoms with E-state index in [0.29, 0.717) is 23.6 Å². The number of benzene rings is 1. The van der Waals surface area contributed by atoms with Crippen LogP contribution in [-0.4, -0.2) is 33.2 Å². The molecule has 0 unspecified atom stereocenters. The molecule has 29 heavy (non-hydrogen) atoms. The molecule has 0 radical (unpaired) electrons. The Morgan fingerprint density at radius 2 is 1.90 bits per heavy atom. The summed E-state index contributed by atoms with van der Waals surface area (Å²) in [5.41, 5.74) is 2.18. The molecular formula is C23H28N4O2. The van der Waals surface area contributed by atoms with Gasteiger partial charge < -0.3 is 10.2 Å². The number of nitrogens with one attached hydrogen (secondary N) is 1. The van der Waals surface area contributed by atoms with Crippen molar-refractivity contribution >= 4 is 11.8 Å². The zero-order chi connectivity index (χ0) is 20.2. The molecule has 152 valence electrons. The molecule has 6 heteroatoms. The van der Waals surface area contributed by atoms with Crippen LogP contribution in [0.3, 0.4) is 0 Å². The molecule has 1 saturated carbocycles. The second-order valence-corrected chi connectivity index (χ2v) is 8.07. The molecule has 1 aliphatic heterocycles. The first kappa shape index (κ1) is 19.6. The van der Waals surface area contributed by atoms with Crippen molar-refractivity contribution in [2.75, 3.05) is 6.54 Å². The summed E-state index contributed by atoms with van der Waals surface area (Å²) in [6, 6.07) is 9.73. The van der Waals surface area contributed by atoms with E-state index in [0.717, 1.165) is 50.6 Å². The van der Waals surface area contributed by atoms with Crippen LogP contribution in [0, 0.1) is 12.8 Å². The largest absolute Gasteiger partial charge is 0.348 e. The van der Waals surface area contributed by atoms with Gasteiger partial charge in [0.1, 0.15) is 0 Å². The Morgan fingerprint density at radius 3 is 2.59 bits per heavy atom. The number of aryl methyl sites for hydroxylation is 1.